The second kappa shape index (κ2) is 5.35. The molecular formula is C11H21NO2. The van der Waals surface area contributed by atoms with Gasteiger partial charge < -0.3 is 4.74 Å². The van der Waals surface area contributed by atoms with E-state index in [1.807, 2.05) is 19.0 Å². The first kappa shape index (κ1) is 11.5. The summed E-state index contributed by atoms with van der Waals surface area (Å²) in [5, 5.41) is 0. The van der Waals surface area contributed by atoms with Crippen LogP contribution in [0.1, 0.15) is 32.6 Å². The number of ether oxygens (including phenoxy) is 1. The van der Waals surface area contributed by atoms with Gasteiger partial charge >= 0.3 is 5.97 Å². The molecule has 0 aliphatic heterocycles. The summed E-state index contributed by atoms with van der Waals surface area (Å²) in [6.45, 7) is 2.62. The lowest BCUT2D eigenvalue weighted by atomic mass is 9.89. The second-order valence-electron chi connectivity index (χ2n) is 4.62. The third kappa shape index (κ3) is 4.09. The molecular weight excluding hydrogens is 178 g/mol. The first-order valence-electron chi connectivity index (χ1n) is 5.42. The normalized spacial score (nSPS) is 27.7. The summed E-state index contributed by atoms with van der Waals surface area (Å²) in [5.74, 6) is 0.620. The highest BCUT2D eigenvalue weighted by Crippen LogP contribution is 2.25. The Balaban J connectivity index is 2.25. The Labute approximate surface area is 86.4 Å². The van der Waals surface area contributed by atoms with Crippen LogP contribution in [0.3, 0.4) is 0 Å². The van der Waals surface area contributed by atoms with Crippen molar-refractivity contribution >= 4 is 5.97 Å². The zero-order valence-corrected chi connectivity index (χ0v) is 9.45. The van der Waals surface area contributed by atoms with Gasteiger partial charge in [-0.3, -0.25) is 9.69 Å². The molecule has 3 heteroatoms. The van der Waals surface area contributed by atoms with Gasteiger partial charge in [0.2, 0.25) is 0 Å². The van der Waals surface area contributed by atoms with Gasteiger partial charge in [0.05, 0.1) is 6.54 Å². The number of nitrogens with zero attached hydrogens (tertiary/aromatic N) is 1. The standard InChI is InChI=1S/C11H21NO2/c1-9-5-4-6-10(7-9)14-11(13)8-12(2)3/h9-10H,4-8H2,1-3H3. The molecule has 1 rings (SSSR count). The van der Waals surface area contributed by atoms with Crippen LogP contribution in [0.5, 0.6) is 0 Å². The smallest absolute Gasteiger partial charge is 0.320 e. The van der Waals surface area contributed by atoms with Gasteiger partial charge in [0.1, 0.15) is 6.10 Å². The summed E-state index contributed by atoms with van der Waals surface area (Å²) in [6.07, 6.45) is 4.73. The Bertz CT molecular complexity index is 192. The maximum Gasteiger partial charge on any atom is 0.320 e. The molecule has 0 saturated heterocycles. The van der Waals surface area contributed by atoms with Crippen molar-refractivity contribution < 1.29 is 9.53 Å². The Hall–Kier alpha value is -0.570. The van der Waals surface area contributed by atoms with Gasteiger partial charge in [0.15, 0.2) is 0 Å². The van der Waals surface area contributed by atoms with E-state index in [9.17, 15) is 4.79 Å². The largest absolute Gasteiger partial charge is 0.461 e. The van der Waals surface area contributed by atoms with Crippen LogP contribution in [0.25, 0.3) is 0 Å². The van der Waals surface area contributed by atoms with E-state index in [1.54, 1.807) is 0 Å². The first-order valence-corrected chi connectivity index (χ1v) is 5.42. The minimum Gasteiger partial charge on any atom is -0.461 e. The van der Waals surface area contributed by atoms with Crippen molar-refractivity contribution in [2.75, 3.05) is 20.6 Å². The van der Waals surface area contributed by atoms with E-state index in [4.69, 9.17) is 4.74 Å². The van der Waals surface area contributed by atoms with Crippen molar-refractivity contribution in [3.05, 3.63) is 0 Å². The predicted octanol–water partition coefficient (Wildman–Crippen LogP) is 1.67. The van der Waals surface area contributed by atoms with Crippen LogP contribution in [0, 0.1) is 5.92 Å². The number of hydrogen-bond donors (Lipinski definition) is 0. The third-order valence-corrected chi connectivity index (χ3v) is 2.63. The maximum absolute atomic E-state index is 11.4. The molecule has 1 fully saturated rings. The first-order chi connectivity index (χ1) is 6.58. The van der Waals surface area contributed by atoms with Gasteiger partial charge in [-0.25, -0.2) is 0 Å². The number of carbonyl (C=O) groups excluding carboxylic acids is 1. The Kier molecular flexibility index (Phi) is 4.39. The zero-order chi connectivity index (χ0) is 10.6. The van der Waals surface area contributed by atoms with E-state index in [1.165, 1.54) is 12.8 Å². The molecule has 0 aromatic carbocycles. The Morgan fingerprint density at radius 1 is 1.43 bits per heavy atom. The zero-order valence-electron chi connectivity index (χ0n) is 9.45. The van der Waals surface area contributed by atoms with Crippen molar-refractivity contribution in [2.45, 2.75) is 38.7 Å². The molecule has 0 bridgehead atoms. The van der Waals surface area contributed by atoms with E-state index in [-0.39, 0.29) is 12.1 Å². The third-order valence-electron chi connectivity index (χ3n) is 2.63. The molecule has 0 aromatic heterocycles. The van der Waals surface area contributed by atoms with Crippen LogP contribution in [0.4, 0.5) is 0 Å². The fourth-order valence-corrected chi connectivity index (χ4v) is 1.97. The molecule has 0 heterocycles. The summed E-state index contributed by atoms with van der Waals surface area (Å²) in [5.41, 5.74) is 0. The average molecular weight is 199 g/mol. The average Bonchev–Trinajstić information content (AvgIpc) is 2.01. The lowest BCUT2D eigenvalue weighted by molar-refractivity contribution is -0.151. The molecule has 14 heavy (non-hydrogen) atoms. The highest BCUT2D eigenvalue weighted by atomic mass is 16.5. The van der Waals surface area contributed by atoms with Crippen molar-refractivity contribution in [3.8, 4) is 0 Å². The summed E-state index contributed by atoms with van der Waals surface area (Å²) in [4.78, 5) is 13.2. The van der Waals surface area contributed by atoms with Crippen LogP contribution < -0.4 is 0 Å². The van der Waals surface area contributed by atoms with E-state index in [0.29, 0.717) is 12.5 Å². The maximum atomic E-state index is 11.4. The van der Waals surface area contributed by atoms with Crippen molar-refractivity contribution in [3.63, 3.8) is 0 Å². The van der Waals surface area contributed by atoms with E-state index < -0.39 is 0 Å². The van der Waals surface area contributed by atoms with Gasteiger partial charge in [-0.15, -0.1) is 0 Å². The van der Waals surface area contributed by atoms with Crippen LogP contribution >= 0.6 is 0 Å². The lowest BCUT2D eigenvalue weighted by Gasteiger charge is -2.26. The fraction of sp³-hybridized carbons (Fsp3) is 0.909. The topological polar surface area (TPSA) is 29.5 Å². The number of carbonyl (C=O) groups is 1. The van der Waals surface area contributed by atoms with Gasteiger partial charge in [0.25, 0.3) is 0 Å². The fourth-order valence-electron chi connectivity index (χ4n) is 1.97. The number of likely N-dealkylation sites (N-methyl/N-ethyl adjacent to an activating group) is 1. The highest BCUT2D eigenvalue weighted by molar-refractivity contribution is 5.71. The van der Waals surface area contributed by atoms with Crippen LogP contribution in [-0.4, -0.2) is 37.6 Å². The quantitative estimate of drug-likeness (QED) is 0.648. The summed E-state index contributed by atoms with van der Waals surface area (Å²) >= 11 is 0. The molecule has 0 amide bonds. The minimum atomic E-state index is -0.0888. The van der Waals surface area contributed by atoms with Crippen LogP contribution in [0.15, 0.2) is 0 Å². The molecule has 2 atom stereocenters. The summed E-state index contributed by atoms with van der Waals surface area (Å²) in [7, 11) is 3.76. The summed E-state index contributed by atoms with van der Waals surface area (Å²) < 4.78 is 5.39. The number of hydrogen-bond acceptors (Lipinski definition) is 3. The Morgan fingerprint density at radius 3 is 2.71 bits per heavy atom. The molecule has 0 spiro atoms. The second-order valence-corrected chi connectivity index (χ2v) is 4.62. The van der Waals surface area contributed by atoms with Crippen molar-refractivity contribution in [1.29, 1.82) is 0 Å². The molecule has 2 unspecified atom stereocenters. The van der Waals surface area contributed by atoms with Gasteiger partial charge in [-0.05, 0) is 39.3 Å². The van der Waals surface area contributed by atoms with Crippen molar-refractivity contribution in [2.24, 2.45) is 5.92 Å². The van der Waals surface area contributed by atoms with Crippen LogP contribution in [-0.2, 0) is 9.53 Å². The molecule has 3 nitrogen and oxygen atoms in total. The predicted molar refractivity (Wildman–Crippen MR) is 56.1 cm³/mol. The van der Waals surface area contributed by atoms with Gasteiger partial charge in [-0.1, -0.05) is 13.3 Å². The molecule has 0 aromatic rings. The minimum absolute atomic E-state index is 0.0888. The molecule has 82 valence electrons. The molecule has 0 N–H and O–H groups in total. The van der Waals surface area contributed by atoms with Crippen molar-refractivity contribution in [1.82, 2.24) is 4.90 Å². The molecule has 1 saturated carbocycles. The number of esters is 1. The van der Waals surface area contributed by atoms with Gasteiger partial charge in [0, 0.05) is 0 Å². The SMILES string of the molecule is CC1CCCC(OC(=O)CN(C)C)C1. The van der Waals surface area contributed by atoms with Gasteiger partial charge in [-0.2, -0.15) is 0 Å². The van der Waals surface area contributed by atoms with Crippen LogP contribution in [0.2, 0.25) is 0 Å². The molecule has 0 radical (unpaired) electrons. The highest BCUT2D eigenvalue weighted by Gasteiger charge is 2.22. The van der Waals surface area contributed by atoms with E-state index in [0.717, 1.165) is 12.8 Å². The molecule has 1 aliphatic rings. The van der Waals surface area contributed by atoms with E-state index in [2.05, 4.69) is 6.92 Å². The van der Waals surface area contributed by atoms with E-state index >= 15 is 0 Å². The summed E-state index contributed by atoms with van der Waals surface area (Å²) in [6, 6.07) is 0. The monoisotopic (exact) mass is 199 g/mol. The number of rotatable bonds is 3. The lowest BCUT2D eigenvalue weighted by Crippen LogP contribution is -2.30. The molecule has 1 aliphatic carbocycles. The Morgan fingerprint density at radius 2 is 2.14 bits per heavy atom.